The van der Waals surface area contributed by atoms with Crippen molar-refractivity contribution in [3.05, 3.63) is 47.3 Å². The number of nitrogens with zero attached hydrogens (tertiary/aromatic N) is 3. The predicted molar refractivity (Wildman–Crippen MR) is 81.9 cm³/mol. The molecule has 0 fully saturated rings. The first-order valence-electron chi connectivity index (χ1n) is 6.40. The number of rotatable bonds is 3. The molecular formula is C15H14BrN3O. The highest BCUT2D eigenvalue weighted by atomic mass is 79.9. The second-order valence-corrected chi connectivity index (χ2v) is 5.58. The van der Waals surface area contributed by atoms with Gasteiger partial charge in [0, 0.05) is 18.5 Å². The molecule has 0 saturated heterocycles. The van der Waals surface area contributed by atoms with Gasteiger partial charge in [0.15, 0.2) is 0 Å². The molecule has 3 aromatic rings. The summed E-state index contributed by atoms with van der Waals surface area (Å²) in [7, 11) is 0. The summed E-state index contributed by atoms with van der Waals surface area (Å²) in [6.07, 6.45) is 4.06. The van der Waals surface area contributed by atoms with Gasteiger partial charge in [0.05, 0.1) is 11.8 Å². The van der Waals surface area contributed by atoms with E-state index in [1.54, 1.807) is 0 Å². The fraction of sp³-hybridized carbons (Fsp3) is 0.200. The smallest absolute Gasteiger partial charge is 0.141 e. The standard InChI is InChI=1S/C15H14BrN3O/c1-10(2)20-11-6-7-19-9-13(18-15(19)8-11)12-4-3-5-14(16)17-12/h3-10H,1-2H3. The molecule has 20 heavy (non-hydrogen) atoms. The second kappa shape index (κ2) is 5.25. The van der Waals surface area contributed by atoms with Gasteiger partial charge in [-0.15, -0.1) is 0 Å². The molecule has 0 atom stereocenters. The van der Waals surface area contributed by atoms with Crippen LogP contribution < -0.4 is 4.74 Å². The van der Waals surface area contributed by atoms with Crippen molar-refractivity contribution in [1.82, 2.24) is 14.4 Å². The highest BCUT2D eigenvalue weighted by Gasteiger charge is 2.07. The lowest BCUT2D eigenvalue weighted by Gasteiger charge is -2.08. The zero-order valence-electron chi connectivity index (χ0n) is 11.2. The molecule has 0 unspecified atom stereocenters. The minimum absolute atomic E-state index is 0.152. The van der Waals surface area contributed by atoms with E-state index in [0.29, 0.717) is 0 Å². The molecule has 0 aliphatic rings. The molecule has 3 rings (SSSR count). The van der Waals surface area contributed by atoms with Crippen LogP contribution in [0.15, 0.2) is 47.3 Å². The molecular weight excluding hydrogens is 318 g/mol. The number of ether oxygens (including phenoxy) is 1. The van der Waals surface area contributed by atoms with Gasteiger partial charge in [0.2, 0.25) is 0 Å². The largest absolute Gasteiger partial charge is 0.491 e. The molecule has 0 N–H and O–H groups in total. The number of imidazole rings is 1. The van der Waals surface area contributed by atoms with Crippen LogP contribution in [0, 0.1) is 0 Å². The Bertz CT molecular complexity index is 752. The summed E-state index contributed by atoms with van der Waals surface area (Å²) in [4.78, 5) is 9.01. The first-order chi connectivity index (χ1) is 9.61. The van der Waals surface area contributed by atoms with Crippen LogP contribution in [0.25, 0.3) is 17.0 Å². The number of pyridine rings is 2. The van der Waals surface area contributed by atoms with Crippen LogP contribution in [0.3, 0.4) is 0 Å². The van der Waals surface area contributed by atoms with Crippen molar-refractivity contribution >= 4 is 21.6 Å². The summed E-state index contributed by atoms with van der Waals surface area (Å²) in [5.41, 5.74) is 2.53. The number of hydrogen-bond acceptors (Lipinski definition) is 3. The maximum Gasteiger partial charge on any atom is 0.141 e. The molecule has 0 spiro atoms. The topological polar surface area (TPSA) is 39.4 Å². The van der Waals surface area contributed by atoms with E-state index in [-0.39, 0.29) is 6.10 Å². The van der Waals surface area contributed by atoms with Gasteiger partial charge in [-0.2, -0.15) is 0 Å². The van der Waals surface area contributed by atoms with Crippen molar-refractivity contribution in [3.8, 4) is 17.1 Å². The lowest BCUT2D eigenvalue weighted by atomic mass is 10.3. The highest BCUT2D eigenvalue weighted by Crippen LogP contribution is 2.21. The van der Waals surface area contributed by atoms with Gasteiger partial charge in [-0.1, -0.05) is 6.07 Å². The van der Waals surface area contributed by atoms with Crippen LogP contribution in [0.1, 0.15) is 13.8 Å². The van der Waals surface area contributed by atoms with Gasteiger partial charge in [0.1, 0.15) is 21.7 Å². The molecule has 0 aliphatic heterocycles. The average Bonchev–Trinajstić information content (AvgIpc) is 2.81. The molecule has 0 bridgehead atoms. The predicted octanol–water partition coefficient (Wildman–Crippen LogP) is 3.95. The van der Waals surface area contributed by atoms with Gasteiger partial charge in [-0.05, 0) is 48.0 Å². The quantitative estimate of drug-likeness (QED) is 0.682. The van der Waals surface area contributed by atoms with Gasteiger partial charge in [0.25, 0.3) is 0 Å². The molecule has 0 aliphatic carbocycles. The maximum absolute atomic E-state index is 5.68. The molecule has 102 valence electrons. The molecule has 3 aromatic heterocycles. The Kier molecular flexibility index (Phi) is 3.44. The molecule has 4 nitrogen and oxygen atoms in total. The van der Waals surface area contributed by atoms with E-state index < -0.39 is 0 Å². The normalized spacial score (nSPS) is 11.2. The molecule has 0 amide bonds. The van der Waals surface area contributed by atoms with Crippen molar-refractivity contribution in [2.24, 2.45) is 0 Å². The van der Waals surface area contributed by atoms with Crippen LogP contribution in [-0.2, 0) is 0 Å². The van der Waals surface area contributed by atoms with Gasteiger partial charge in [-0.3, -0.25) is 0 Å². The number of aromatic nitrogens is 3. The average molecular weight is 332 g/mol. The number of hydrogen-bond donors (Lipinski definition) is 0. The first-order valence-corrected chi connectivity index (χ1v) is 7.19. The SMILES string of the molecule is CC(C)Oc1ccn2cc(-c3cccc(Br)n3)nc2c1. The third-order valence-electron chi connectivity index (χ3n) is 2.78. The van der Waals surface area contributed by atoms with E-state index in [1.165, 1.54) is 0 Å². The van der Waals surface area contributed by atoms with E-state index in [4.69, 9.17) is 4.74 Å². The summed E-state index contributed by atoms with van der Waals surface area (Å²) in [5, 5.41) is 0. The summed E-state index contributed by atoms with van der Waals surface area (Å²) >= 11 is 3.38. The summed E-state index contributed by atoms with van der Waals surface area (Å²) in [6, 6.07) is 9.66. The van der Waals surface area contributed by atoms with Gasteiger partial charge < -0.3 is 9.14 Å². The third kappa shape index (κ3) is 2.67. The van der Waals surface area contributed by atoms with Crippen molar-refractivity contribution in [3.63, 3.8) is 0 Å². The molecule has 3 heterocycles. The second-order valence-electron chi connectivity index (χ2n) is 4.77. The summed E-state index contributed by atoms with van der Waals surface area (Å²) in [6.45, 7) is 4.01. The maximum atomic E-state index is 5.68. The zero-order chi connectivity index (χ0) is 14.1. The molecule has 5 heteroatoms. The van der Waals surface area contributed by atoms with Crippen molar-refractivity contribution < 1.29 is 4.74 Å². The molecule has 0 radical (unpaired) electrons. The van der Waals surface area contributed by atoms with Crippen LogP contribution in [0.4, 0.5) is 0 Å². The van der Waals surface area contributed by atoms with E-state index in [2.05, 4.69) is 25.9 Å². The number of halogens is 1. The van der Waals surface area contributed by atoms with Crippen LogP contribution in [0.5, 0.6) is 5.75 Å². The summed E-state index contributed by atoms with van der Waals surface area (Å²) in [5.74, 6) is 0.826. The van der Waals surface area contributed by atoms with E-state index in [0.717, 1.165) is 27.4 Å². The molecule has 0 aromatic carbocycles. The van der Waals surface area contributed by atoms with Gasteiger partial charge >= 0.3 is 0 Å². The van der Waals surface area contributed by atoms with Crippen LogP contribution in [-0.4, -0.2) is 20.5 Å². The fourth-order valence-electron chi connectivity index (χ4n) is 1.98. The Labute approximate surface area is 125 Å². The Morgan fingerprint density at radius 2 is 2.00 bits per heavy atom. The number of fused-ring (bicyclic) bond motifs is 1. The Balaban J connectivity index is 2.02. The molecule has 0 saturated carbocycles. The minimum atomic E-state index is 0.152. The lowest BCUT2D eigenvalue weighted by molar-refractivity contribution is 0.242. The highest BCUT2D eigenvalue weighted by molar-refractivity contribution is 9.10. The van der Waals surface area contributed by atoms with Gasteiger partial charge in [-0.25, -0.2) is 9.97 Å². The van der Waals surface area contributed by atoms with Crippen LogP contribution >= 0.6 is 15.9 Å². The lowest BCUT2D eigenvalue weighted by Crippen LogP contribution is -2.05. The minimum Gasteiger partial charge on any atom is -0.491 e. The fourth-order valence-corrected chi connectivity index (χ4v) is 2.33. The third-order valence-corrected chi connectivity index (χ3v) is 3.22. The van der Waals surface area contributed by atoms with Crippen molar-refractivity contribution in [2.75, 3.05) is 0 Å². The first kappa shape index (κ1) is 13.1. The Morgan fingerprint density at radius 3 is 2.75 bits per heavy atom. The van der Waals surface area contributed by atoms with E-state index >= 15 is 0 Å². The Morgan fingerprint density at radius 1 is 1.15 bits per heavy atom. The monoisotopic (exact) mass is 331 g/mol. The zero-order valence-corrected chi connectivity index (χ0v) is 12.8. The van der Waals surface area contributed by atoms with Crippen molar-refractivity contribution in [1.29, 1.82) is 0 Å². The van der Waals surface area contributed by atoms with E-state index in [9.17, 15) is 0 Å². The summed E-state index contributed by atoms with van der Waals surface area (Å²) < 4.78 is 8.45. The Hall–Kier alpha value is -1.88. The van der Waals surface area contributed by atoms with E-state index in [1.807, 2.05) is 61.0 Å². The van der Waals surface area contributed by atoms with Crippen LogP contribution in [0.2, 0.25) is 0 Å². The van der Waals surface area contributed by atoms with Crippen molar-refractivity contribution in [2.45, 2.75) is 20.0 Å².